The van der Waals surface area contributed by atoms with Crippen LogP contribution in [-0.4, -0.2) is 5.11 Å². The molecule has 0 spiro atoms. The molecule has 0 aliphatic heterocycles. The smallest absolute Gasteiger partial charge is 0.343 e. The van der Waals surface area contributed by atoms with E-state index in [9.17, 15) is 9.90 Å². The molecule has 3 nitrogen and oxygen atoms in total. The van der Waals surface area contributed by atoms with Gasteiger partial charge in [0, 0.05) is 10.9 Å². The Morgan fingerprint density at radius 3 is 2.24 bits per heavy atom. The van der Waals surface area contributed by atoms with E-state index in [2.05, 4.69) is 0 Å². The molecule has 0 radical (unpaired) electrons. The maximum absolute atomic E-state index is 12.1. The van der Waals surface area contributed by atoms with Gasteiger partial charge in [0.15, 0.2) is 0 Å². The van der Waals surface area contributed by atoms with Crippen LogP contribution in [0.3, 0.4) is 0 Å². The van der Waals surface area contributed by atoms with Crippen molar-refractivity contribution in [2.45, 2.75) is 20.0 Å². The molecule has 3 heteroatoms. The van der Waals surface area contributed by atoms with Gasteiger partial charge in [-0.3, -0.25) is 0 Å². The van der Waals surface area contributed by atoms with Gasteiger partial charge in [0.05, 0.1) is 5.39 Å². The third-order valence-corrected chi connectivity index (χ3v) is 3.59. The van der Waals surface area contributed by atoms with E-state index >= 15 is 0 Å². The predicted molar refractivity (Wildman–Crippen MR) is 83.3 cm³/mol. The molecule has 1 unspecified atom stereocenters. The van der Waals surface area contributed by atoms with Crippen LogP contribution in [0.4, 0.5) is 0 Å². The van der Waals surface area contributed by atoms with E-state index in [1.165, 1.54) is 0 Å². The normalized spacial score (nSPS) is 12.5. The van der Waals surface area contributed by atoms with Crippen LogP contribution in [0, 0.1) is 6.92 Å². The third kappa shape index (κ3) is 2.36. The average Bonchev–Trinajstić information content (AvgIpc) is 2.48. The summed E-state index contributed by atoms with van der Waals surface area (Å²) in [5.74, 6) is 0.308. The van der Waals surface area contributed by atoms with Crippen molar-refractivity contribution >= 4 is 10.8 Å². The van der Waals surface area contributed by atoms with Gasteiger partial charge in [0.25, 0.3) is 0 Å². The minimum atomic E-state index is -0.849. The van der Waals surface area contributed by atoms with Crippen molar-refractivity contribution < 1.29 is 9.52 Å². The van der Waals surface area contributed by atoms with Gasteiger partial charge in [-0.05, 0) is 25.5 Å². The zero-order valence-electron chi connectivity index (χ0n) is 12.0. The number of hydrogen-bond acceptors (Lipinski definition) is 3. The van der Waals surface area contributed by atoms with Crippen LogP contribution in [-0.2, 0) is 0 Å². The summed E-state index contributed by atoms with van der Waals surface area (Å²) in [5, 5.41) is 11.3. The van der Waals surface area contributed by atoms with E-state index in [-0.39, 0.29) is 0 Å². The molecule has 0 amide bonds. The number of hydrogen-bond donors (Lipinski definition) is 1. The molecule has 0 saturated heterocycles. The van der Waals surface area contributed by atoms with Gasteiger partial charge in [-0.15, -0.1) is 0 Å². The number of fused-ring (bicyclic) bond motifs is 1. The number of rotatable bonds is 2. The molecule has 2 aromatic carbocycles. The molecule has 1 aromatic heterocycles. The van der Waals surface area contributed by atoms with E-state index in [0.29, 0.717) is 11.1 Å². The second-order valence-corrected chi connectivity index (χ2v) is 5.22. The Kier molecular flexibility index (Phi) is 3.35. The van der Waals surface area contributed by atoms with Gasteiger partial charge >= 0.3 is 5.63 Å². The van der Waals surface area contributed by atoms with Crippen molar-refractivity contribution in [2.24, 2.45) is 0 Å². The van der Waals surface area contributed by atoms with Crippen molar-refractivity contribution in [1.82, 2.24) is 0 Å². The summed E-state index contributed by atoms with van der Waals surface area (Å²) in [4.78, 5) is 12.1. The Morgan fingerprint density at radius 2 is 1.62 bits per heavy atom. The third-order valence-electron chi connectivity index (χ3n) is 3.59. The molecular formula is C18H16O3. The highest BCUT2D eigenvalue weighted by molar-refractivity contribution is 5.96. The molecule has 0 aliphatic rings. The minimum Gasteiger partial charge on any atom is -0.424 e. The van der Waals surface area contributed by atoms with Crippen LogP contribution in [0.15, 0.2) is 57.7 Å². The van der Waals surface area contributed by atoms with Crippen molar-refractivity contribution in [3.63, 3.8) is 0 Å². The molecule has 0 bridgehead atoms. The summed E-state index contributed by atoms with van der Waals surface area (Å²) in [5.41, 5.74) is 2.44. The van der Waals surface area contributed by atoms with E-state index in [1.54, 1.807) is 19.1 Å². The fraction of sp³-hybridized carbons (Fsp3) is 0.167. The molecule has 1 atom stereocenters. The molecule has 0 fully saturated rings. The van der Waals surface area contributed by atoms with Gasteiger partial charge in [0.1, 0.15) is 11.9 Å². The van der Waals surface area contributed by atoms with Crippen molar-refractivity contribution in [3.05, 3.63) is 70.3 Å². The molecule has 3 rings (SSSR count). The van der Waals surface area contributed by atoms with Gasteiger partial charge in [-0.25, -0.2) is 4.79 Å². The van der Waals surface area contributed by atoms with Crippen LogP contribution in [0.1, 0.15) is 24.4 Å². The summed E-state index contributed by atoms with van der Waals surface area (Å²) in [6.07, 6.45) is -0.849. The van der Waals surface area contributed by atoms with E-state index < -0.39 is 11.7 Å². The minimum absolute atomic E-state index is 0.308. The lowest BCUT2D eigenvalue weighted by Gasteiger charge is -2.13. The Labute approximate surface area is 122 Å². The maximum atomic E-state index is 12.1. The SMILES string of the molecule is Cc1ccc(-c2c(C(C)O)oc(=O)c3ccccc23)cc1. The van der Waals surface area contributed by atoms with Gasteiger partial charge in [0.2, 0.25) is 0 Å². The zero-order chi connectivity index (χ0) is 15.0. The summed E-state index contributed by atoms with van der Waals surface area (Å²) < 4.78 is 5.36. The van der Waals surface area contributed by atoms with Crippen molar-refractivity contribution in [3.8, 4) is 11.1 Å². The average molecular weight is 280 g/mol. The van der Waals surface area contributed by atoms with E-state index in [1.807, 2.05) is 43.3 Å². The fourth-order valence-electron chi connectivity index (χ4n) is 2.53. The molecule has 21 heavy (non-hydrogen) atoms. The molecular weight excluding hydrogens is 264 g/mol. The summed E-state index contributed by atoms with van der Waals surface area (Å²) in [7, 11) is 0. The molecule has 0 saturated carbocycles. The molecule has 0 aliphatic carbocycles. The monoisotopic (exact) mass is 280 g/mol. The Hall–Kier alpha value is -2.39. The molecule has 1 N–H and O–H groups in total. The number of aryl methyl sites for hydroxylation is 1. The highest BCUT2D eigenvalue weighted by Gasteiger charge is 2.18. The van der Waals surface area contributed by atoms with Crippen LogP contribution in [0.2, 0.25) is 0 Å². The first kappa shape index (κ1) is 13.6. The van der Waals surface area contributed by atoms with Crippen LogP contribution in [0.5, 0.6) is 0 Å². The predicted octanol–water partition coefficient (Wildman–Crippen LogP) is 3.82. The highest BCUT2D eigenvalue weighted by Crippen LogP contribution is 2.33. The first-order valence-corrected chi connectivity index (χ1v) is 6.89. The van der Waals surface area contributed by atoms with Crippen molar-refractivity contribution in [1.29, 1.82) is 0 Å². The van der Waals surface area contributed by atoms with E-state index in [4.69, 9.17) is 4.42 Å². The maximum Gasteiger partial charge on any atom is 0.343 e. The van der Waals surface area contributed by atoms with Gasteiger partial charge in [-0.2, -0.15) is 0 Å². The first-order valence-electron chi connectivity index (χ1n) is 6.89. The number of aliphatic hydroxyl groups is 1. The van der Waals surface area contributed by atoms with Crippen molar-refractivity contribution in [2.75, 3.05) is 0 Å². The lowest BCUT2D eigenvalue weighted by Crippen LogP contribution is -2.07. The molecule has 3 aromatic rings. The lowest BCUT2D eigenvalue weighted by molar-refractivity contribution is 0.166. The van der Waals surface area contributed by atoms with Crippen LogP contribution < -0.4 is 5.63 Å². The summed E-state index contributed by atoms with van der Waals surface area (Å²) >= 11 is 0. The Morgan fingerprint density at radius 1 is 1.00 bits per heavy atom. The Bertz CT molecular complexity index is 842. The topological polar surface area (TPSA) is 50.4 Å². The van der Waals surface area contributed by atoms with Gasteiger partial charge in [-0.1, -0.05) is 48.0 Å². The summed E-state index contributed by atoms with van der Waals surface area (Å²) in [6, 6.07) is 15.3. The second kappa shape index (κ2) is 5.19. The van der Waals surface area contributed by atoms with E-state index in [0.717, 1.165) is 22.1 Å². The lowest BCUT2D eigenvalue weighted by atomic mass is 9.96. The van der Waals surface area contributed by atoms with Crippen LogP contribution in [0.25, 0.3) is 21.9 Å². The molecule has 1 heterocycles. The Balaban J connectivity index is 2.43. The quantitative estimate of drug-likeness (QED) is 0.776. The zero-order valence-corrected chi connectivity index (χ0v) is 12.0. The number of benzene rings is 2. The fourth-order valence-corrected chi connectivity index (χ4v) is 2.53. The highest BCUT2D eigenvalue weighted by atomic mass is 16.4. The second-order valence-electron chi connectivity index (χ2n) is 5.22. The largest absolute Gasteiger partial charge is 0.424 e. The first-order chi connectivity index (χ1) is 10.1. The van der Waals surface area contributed by atoms with Crippen LogP contribution >= 0.6 is 0 Å². The summed E-state index contributed by atoms with van der Waals surface area (Å²) in [6.45, 7) is 3.62. The number of aliphatic hydroxyl groups excluding tert-OH is 1. The van der Waals surface area contributed by atoms with Gasteiger partial charge < -0.3 is 9.52 Å². The molecule has 106 valence electrons. The standard InChI is InChI=1S/C18H16O3/c1-11-7-9-13(10-8-11)16-14-5-3-4-6-15(14)18(20)21-17(16)12(2)19/h3-10,12,19H,1-2H3.